The molecular formula is C13H25NO2. The molecule has 16 heavy (non-hydrogen) atoms. The lowest BCUT2D eigenvalue weighted by Gasteiger charge is -2.36. The highest BCUT2D eigenvalue weighted by Crippen LogP contribution is 2.34. The minimum Gasteiger partial charge on any atom is -0.480 e. The van der Waals surface area contributed by atoms with E-state index >= 15 is 0 Å². The molecule has 1 fully saturated rings. The average molecular weight is 227 g/mol. The molecule has 1 unspecified atom stereocenters. The fourth-order valence-electron chi connectivity index (χ4n) is 2.85. The Kier molecular flexibility index (Phi) is 4.78. The fraction of sp³-hybridized carbons (Fsp3) is 0.923. The molecule has 0 bridgehead atoms. The van der Waals surface area contributed by atoms with Crippen LogP contribution in [0.15, 0.2) is 0 Å². The molecule has 0 aromatic rings. The topological polar surface area (TPSA) is 40.5 Å². The van der Waals surface area contributed by atoms with E-state index < -0.39 is 11.5 Å². The molecule has 0 spiro atoms. The molecule has 1 aliphatic rings. The van der Waals surface area contributed by atoms with Crippen LogP contribution in [-0.4, -0.2) is 34.6 Å². The Balaban J connectivity index is 2.74. The van der Waals surface area contributed by atoms with Crippen molar-refractivity contribution in [1.82, 2.24) is 4.90 Å². The minimum absolute atomic E-state index is 0.567. The average Bonchev–Trinajstić information content (AvgIpc) is 2.69. The van der Waals surface area contributed by atoms with E-state index in [9.17, 15) is 9.90 Å². The number of rotatable bonds is 6. The van der Waals surface area contributed by atoms with Gasteiger partial charge in [0.05, 0.1) is 0 Å². The summed E-state index contributed by atoms with van der Waals surface area (Å²) in [6, 6.07) is 0. The van der Waals surface area contributed by atoms with Crippen molar-refractivity contribution in [1.29, 1.82) is 0 Å². The predicted molar refractivity (Wildman–Crippen MR) is 65.5 cm³/mol. The maximum absolute atomic E-state index is 11.5. The molecule has 0 amide bonds. The number of carbonyl (C=O) groups is 1. The molecule has 1 rings (SSSR count). The summed E-state index contributed by atoms with van der Waals surface area (Å²) in [5.74, 6) is 0.0156. The van der Waals surface area contributed by atoms with Crippen molar-refractivity contribution < 1.29 is 9.90 Å². The van der Waals surface area contributed by atoms with Gasteiger partial charge in [0.1, 0.15) is 5.54 Å². The Morgan fingerprint density at radius 2 is 2.00 bits per heavy atom. The second-order valence-corrected chi connectivity index (χ2v) is 4.92. The monoisotopic (exact) mass is 227 g/mol. The maximum atomic E-state index is 11.5. The standard InChI is InChI=1S/C13H25NO2/c1-4-11(5-2)10-14-9-7-8-13(14,6-3)12(15)16/h11H,4-10H2,1-3H3,(H,15,16). The van der Waals surface area contributed by atoms with Gasteiger partial charge in [0.25, 0.3) is 0 Å². The number of aliphatic carboxylic acids is 1. The first-order chi connectivity index (χ1) is 7.60. The molecule has 1 heterocycles. The molecule has 1 saturated heterocycles. The number of carboxylic acids is 1. The van der Waals surface area contributed by atoms with E-state index in [1.54, 1.807) is 0 Å². The van der Waals surface area contributed by atoms with Gasteiger partial charge < -0.3 is 5.11 Å². The van der Waals surface area contributed by atoms with Crippen LogP contribution in [0, 0.1) is 5.92 Å². The van der Waals surface area contributed by atoms with Crippen LogP contribution in [0.5, 0.6) is 0 Å². The van der Waals surface area contributed by atoms with Crippen LogP contribution >= 0.6 is 0 Å². The van der Waals surface area contributed by atoms with Gasteiger partial charge in [-0.2, -0.15) is 0 Å². The molecule has 0 aromatic heterocycles. The lowest BCUT2D eigenvalue weighted by molar-refractivity contribution is -0.150. The van der Waals surface area contributed by atoms with Crippen LogP contribution < -0.4 is 0 Å². The van der Waals surface area contributed by atoms with Crippen molar-refractivity contribution in [3.8, 4) is 0 Å². The molecule has 1 aliphatic heterocycles. The summed E-state index contributed by atoms with van der Waals surface area (Å²) in [6.07, 6.45) is 4.86. The third kappa shape index (κ3) is 2.40. The Morgan fingerprint density at radius 1 is 1.38 bits per heavy atom. The summed E-state index contributed by atoms with van der Waals surface area (Å²) in [5.41, 5.74) is -0.567. The third-order valence-corrected chi connectivity index (χ3v) is 4.24. The minimum atomic E-state index is -0.626. The van der Waals surface area contributed by atoms with Crippen molar-refractivity contribution in [2.24, 2.45) is 5.92 Å². The van der Waals surface area contributed by atoms with Crippen LogP contribution in [-0.2, 0) is 4.79 Å². The summed E-state index contributed by atoms with van der Waals surface area (Å²) in [6.45, 7) is 8.29. The van der Waals surface area contributed by atoms with E-state index in [1.165, 1.54) is 0 Å². The van der Waals surface area contributed by atoms with Crippen LogP contribution in [0.2, 0.25) is 0 Å². The Morgan fingerprint density at radius 3 is 2.44 bits per heavy atom. The summed E-state index contributed by atoms with van der Waals surface area (Å²) in [7, 11) is 0. The van der Waals surface area contributed by atoms with Crippen LogP contribution in [0.3, 0.4) is 0 Å². The van der Waals surface area contributed by atoms with Gasteiger partial charge >= 0.3 is 5.97 Å². The molecule has 3 nitrogen and oxygen atoms in total. The molecule has 0 saturated carbocycles. The largest absolute Gasteiger partial charge is 0.480 e. The third-order valence-electron chi connectivity index (χ3n) is 4.24. The first-order valence-electron chi connectivity index (χ1n) is 6.59. The fourth-order valence-corrected chi connectivity index (χ4v) is 2.85. The highest BCUT2D eigenvalue weighted by Gasteiger charge is 2.46. The zero-order valence-electron chi connectivity index (χ0n) is 10.8. The quantitative estimate of drug-likeness (QED) is 0.758. The Labute approximate surface area is 98.8 Å². The van der Waals surface area contributed by atoms with E-state index in [4.69, 9.17) is 0 Å². The van der Waals surface area contributed by atoms with E-state index in [-0.39, 0.29) is 0 Å². The zero-order valence-corrected chi connectivity index (χ0v) is 10.8. The van der Waals surface area contributed by atoms with Gasteiger partial charge in [-0.3, -0.25) is 9.69 Å². The van der Waals surface area contributed by atoms with E-state index in [0.29, 0.717) is 5.92 Å². The maximum Gasteiger partial charge on any atom is 0.324 e. The molecule has 3 heteroatoms. The molecule has 94 valence electrons. The molecular weight excluding hydrogens is 202 g/mol. The SMILES string of the molecule is CCC(CC)CN1CCCC1(CC)C(=O)O. The van der Waals surface area contributed by atoms with Gasteiger partial charge in [-0.1, -0.05) is 33.6 Å². The lowest BCUT2D eigenvalue weighted by atomic mass is 9.91. The Hall–Kier alpha value is -0.570. The van der Waals surface area contributed by atoms with Gasteiger partial charge in [0.2, 0.25) is 0 Å². The molecule has 1 atom stereocenters. The number of likely N-dealkylation sites (tertiary alicyclic amines) is 1. The number of hydrogen-bond acceptors (Lipinski definition) is 2. The lowest BCUT2D eigenvalue weighted by Crippen LogP contribution is -2.51. The molecule has 0 aromatic carbocycles. The number of carboxylic acid groups (broad SMARTS) is 1. The smallest absolute Gasteiger partial charge is 0.324 e. The summed E-state index contributed by atoms with van der Waals surface area (Å²) in [4.78, 5) is 13.7. The predicted octanol–water partition coefficient (Wildman–Crippen LogP) is 2.75. The van der Waals surface area contributed by atoms with E-state index in [0.717, 1.165) is 45.2 Å². The van der Waals surface area contributed by atoms with Crippen molar-refractivity contribution in [2.45, 2.75) is 58.4 Å². The Bertz CT molecular complexity index is 238. The second-order valence-electron chi connectivity index (χ2n) is 4.92. The first-order valence-corrected chi connectivity index (χ1v) is 6.59. The first kappa shape index (κ1) is 13.5. The van der Waals surface area contributed by atoms with Gasteiger partial charge in [-0.15, -0.1) is 0 Å². The van der Waals surface area contributed by atoms with Gasteiger partial charge in [0, 0.05) is 6.54 Å². The number of hydrogen-bond donors (Lipinski definition) is 1. The molecule has 1 N–H and O–H groups in total. The van der Waals surface area contributed by atoms with Gasteiger partial charge in [0.15, 0.2) is 0 Å². The van der Waals surface area contributed by atoms with Crippen molar-refractivity contribution >= 4 is 5.97 Å². The van der Waals surface area contributed by atoms with Gasteiger partial charge in [-0.25, -0.2) is 0 Å². The highest BCUT2D eigenvalue weighted by molar-refractivity contribution is 5.79. The van der Waals surface area contributed by atoms with Crippen LogP contribution in [0.25, 0.3) is 0 Å². The van der Waals surface area contributed by atoms with Crippen molar-refractivity contribution in [3.05, 3.63) is 0 Å². The summed E-state index contributed by atoms with van der Waals surface area (Å²) < 4.78 is 0. The normalized spacial score (nSPS) is 26.5. The molecule has 0 radical (unpaired) electrons. The van der Waals surface area contributed by atoms with Crippen molar-refractivity contribution in [2.75, 3.05) is 13.1 Å². The zero-order chi connectivity index (χ0) is 12.2. The van der Waals surface area contributed by atoms with Gasteiger partial charge in [-0.05, 0) is 31.7 Å². The van der Waals surface area contributed by atoms with Crippen LogP contribution in [0.4, 0.5) is 0 Å². The van der Waals surface area contributed by atoms with Crippen LogP contribution in [0.1, 0.15) is 52.9 Å². The second kappa shape index (κ2) is 5.67. The van der Waals surface area contributed by atoms with E-state index in [2.05, 4.69) is 18.7 Å². The van der Waals surface area contributed by atoms with E-state index in [1.807, 2.05) is 6.92 Å². The molecule has 0 aliphatic carbocycles. The highest BCUT2D eigenvalue weighted by atomic mass is 16.4. The summed E-state index contributed by atoms with van der Waals surface area (Å²) in [5, 5.41) is 9.45. The van der Waals surface area contributed by atoms with Crippen molar-refractivity contribution in [3.63, 3.8) is 0 Å². The summed E-state index contributed by atoms with van der Waals surface area (Å²) >= 11 is 0. The number of nitrogens with zero attached hydrogens (tertiary/aromatic N) is 1.